The molecule has 0 saturated heterocycles. The van der Waals surface area contributed by atoms with Crippen molar-refractivity contribution in [2.45, 2.75) is 24.7 Å². The fourth-order valence-corrected chi connectivity index (χ4v) is 3.04. The van der Waals surface area contributed by atoms with Crippen LogP contribution in [0.3, 0.4) is 0 Å². The number of carbonyl (C=O) groups is 1. The van der Waals surface area contributed by atoms with Crippen molar-refractivity contribution in [3.63, 3.8) is 0 Å². The lowest BCUT2D eigenvalue weighted by Crippen LogP contribution is -2.43. The molecule has 0 unspecified atom stereocenters. The first-order valence-electron chi connectivity index (χ1n) is 5.97. The number of halogens is 1. The van der Waals surface area contributed by atoms with Crippen LogP contribution in [0.4, 0.5) is 0 Å². The third kappa shape index (κ3) is 1.53. The fourth-order valence-electron chi connectivity index (χ4n) is 2.61. The summed E-state index contributed by atoms with van der Waals surface area (Å²) in [6.45, 7) is 0.960. The molecule has 0 amide bonds. The normalized spacial score (nSPS) is 20.1. The second-order valence-electron chi connectivity index (χ2n) is 4.69. The first kappa shape index (κ1) is 11.8. The lowest BCUT2D eigenvalue weighted by Gasteiger charge is -2.39. The van der Waals surface area contributed by atoms with Gasteiger partial charge in [0.15, 0.2) is 11.5 Å². The predicted octanol–water partition coefficient (Wildman–Crippen LogP) is 2.73. The monoisotopic (exact) mass is 312 g/mol. The number of carboxylic acids is 1. The summed E-state index contributed by atoms with van der Waals surface area (Å²) in [5, 5.41) is 9.50. The van der Waals surface area contributed by atoms with Crippen molar-refractivity contribution in [3.05, 3.63) is 22.2 Å². The molecule has 1 aliphatic heterocycles. The lowest BCUT2D eigenvalue weighted by molar-refractivity contribution is -0.147. The maximum Gasteiger partial charge on any atom is 0.314 e. The van der Waals surface area contributed by atoms with E-state index in [0.717, 1.165) is 16.5 Å². The highest BCUT2D eigenvalue weighted by molar-refractivity contribution is 9.10. The Kier molecular flexibility index (Phi) is 2.73. The first-order valence-corrected chi connectivity index (χ1v) is 6.76. The van der Waals surface area contributed by atoms with Crippen molar-refractivity contribution in [2.75, 3.05) is 13.2 Å². The molecule has 1 heterocycles. The smallest absolute Gasteiger partial charge is 0.314 e. The van der Waals surface area contributed by atoms with Gasteiger partial charge in [0, 0.05) is 5.56 Å². The Morgan fingerprint density at radius 1 is 1.22 bits per heavy atom. The largest absolute Gasteiger partial charge is 0.486 e. The number of hydrogen-bond donors (Lipinski definition) is 1. The standard InChI is InChI=1S/C13H13BrO4/c14-9-3-2-8(10-11(9)18-7-6-17-10)13(12(15)16)4-1-5-13/h2-3H,1,4-7H2,(H,15,16). The van der Waals surface area contributed by atoms with Crippen molar-refractivity contribution < 1.29 is 19.4 Å². The van der Waals surface area contributed by atoms with Crippen molar-refractivity contribution >= 4 is 21.9 Å². The highest BCUT2D eigenvalue weighted by Crippen LogP contribution is 2.52. The van der Waals surface area contributed by atoms with Gasteiger partial charge in [0.05, 0.1) is 9.89 Å². The van der Waals surface area contributed by atoms with E-state index >= 15 is 0 Å². The summed E-state index contributed by atoms with van der Waals surface area (Å²) in [5.74, 6) is 0.455. The summed E-state index contributed by atoms with van der Waals surface area (Å²) in [6, 6.07) is 3.68. The third-order valence-corrected chi connectivity index (χ3v) is 4.40. The minimum atomic E-state index is -0.786. The molecule has 1 aromatic rings. The molecular formula is C13H13BrO4. The lowest BCUT2D eigenvalue weighted by atomic mass is 9.64. The Balaban J connectivity index is 2.15. The van der Waals surface area contributed by atoms with Crippen molar-refractivity contribution in [1.29, 1.82) is 0 Å². The molecule has 18 heavy (non-hydrogen) atoms. The van der Waals surface area contributed by atoms with Crippen LogP contribution in [0.2, 0.25) is 0 Å². The quantitative estimate of drug-likeness (QED) is 0.912. The Hall–Kier alpha value is -1.23. The van der Waals surface area contributed by atoms with Crippen molar-refractivity contribution in [1.82, 2.24) is 0 Å². The van der Waals surface area contributed by atoms with Crippen LogP contribution in [0.25, 0.3) is 0 Å². The number of benzene rings is 1. The van der Waals surface area contributed by atoms with Crippen LogP contribution < -0.4 is 9.47 Å². The summed E-state index contributed by atoms with van der Waals surface area (Å²) in [5.41, 5.74) is -0.0370. The third-order valence-electron chi connectivity index (χ3n) is 3.77. The van der Waals surface area contributed by atoms with Gasteiger partial charge in [-0.25, -0.2) is 0 Å². The van der Waals surface area contributed by atoms with Gasteiger partial charge < -0.3 is 14.6 Å². The average Bonchev–Trinajstić information content (AvgIpc) is 2.30. The second kappa shape index (κ2) is 4.16. The number of carboxylic acid groups (broad SMARTS) is 1. The SMILES string of the molecule is O=C(O)C1(c2ccc(Br)c3c2OCCO3)CCC1. The number of rotatable bonds is 2. The van der Waals surface area contributed by atoms with Gasteiger partial charge in [-0.2, -0.15) is 0 Å². The van der Waals surface area contributed by atoms with Crippen molar-refractivity contribution in [2.24, 2.45) is 0 Å². The van der Waals surface area contributed by atoms with Gasteiger partial charge in [-0.05, 0) is 34.8 Å². The molecule has 96 valence electrons. The van der Waals surface area contributed by atoms with Crippen LogP contribution >= 0.6 is 15.9 Å². The van der Waals surface area contributed by atoms with Crippen LogP contribution in [-0.4, -0.2) is 24.3 Å². The number of ether oxygens (including phenoxy) is 2. The van der Waals surface area contributed by atoms with Gasteiger partial charge in [-0.3, -0.25) is 4.79 Å². The summed E-state index contributed by atoms with van der Waals surface area (Å²) >= 11 is 3.41. The van der Waals surface area contributed by atoms with Crippen LogP contribution in [0, 0.1) is 0 Å². The molecule has 1 N–H and O–H groups in total. The molecule has 0 spiro atoms. The number of hydrogen-bond acceptors (Lipinski definition) is 3. The average molecular weight is 313 g/mol. The zero-order valence-corrected chi connectivity index (χ0v) is 11.3. The Morgan fingerprint density at radius 2 is 1.89 bits per heavy atom. The predicted molar refractivity (Wildman–Crippen MR) is 68.3 cm³/mol. The molecule has 3 rings (SSSR count). The summed E-state index contributed by atoms with van der Waals surface area (Å²) in [6.07, 6.45) is 2.28. The molecule has 1 fully saturated rings. The Labute approximate surface area is 113 Å². The minimum Gasteiger partial charge on any atom is -0.486 e. The molecule has 5 heteroatoms. The molecule has 4 nitrogen and oxygen atoms in total. The molecule has 0 aromatic heterocycles. The van der Waals surface area contributed by atoms with E-state index in [2.05, 4.69) is 15.9 Å². The van der Waals surface area contributed by atoms with E-state index in [9.17, 15) is 9.90 Å². The van der Waals surface area contributed by atoms with Gasteiger partial charge in [0.25, 0.3) is 0 Å². The van der Waals surface area contributed by atoms with Gasteiger partial charge in [0.2, 0.25) is 0 Å². The fraction of sp³-hybridized carbons (Fsp3) is 0.462. The van der Waals surface area contributed by atoms with Crippen LogP contribution in [0.15, 0.2) is 16.6 Å². The zero-order valence-electron chi connectivity index (χ0n) is 9.74. The minimum absolute atomic E-state index is 0.464. The second-order valence-corrected chi connectivity index (χ2v) is 5.55. The van der Waals surface area contributed by atoms with Crippen LogP contribution in [0.5, 0.6) is 11.5 Å². The van der Waals surface area contributed by atoms with E-state index in [-0.39, 0.29) is 0 Å². The van der Waals surface area contributed by atoms with Crippen LogP contribution in [-0.2, 0) is 10.2 Å². The maximum absolute atomic E-state index is 11.6. The highest BCUT2D eigenvalue weighted by atomic mass is 79.9. The van der Waals surface area contributed by atoms with E-state index < -0.39 is 11.4 Å². The van der Waals surface area contributed by atoms with E-state index in [1.807, 2.05) is 12.1 Å². The molecule has 0 bridgehead atoms. The topological polar surface area (TPSA) is 55.8 Å². The van der Waals surface area contributed by atoms with Crippen molar-refractivity contribution in [3.8, 4) is 11.5 Å². The van der Waals surface area contributed by atoms with E-state index in [4.69, 9.17) is 9.47 Å². The van der Waals surface area contributed by atoms with Gasteiger partial charge in [-0.1, -0.05) is 12.5 Å². The zero-order chi connectivity index (χ0) is 12.8. The summed E-state index contributed by atoms with van der Waals surface area (Å²) < 4.78 is 12.0. The molecule has 2 aliphatic rings. The summed E-state index contributed by atoms with van der Waals surface area (Å²) in [7, 11) is 0. The number of aliphatic carboxylic acids is 1. The maximum atomic E-state index is 11.6. The van der Waals surface area contributed by atoms with E-state index in [1.54, 1.807) is 0 Å². The van der Waals surface area contributed by atoms with Crippen LogP contribution in [0.1, 0.15) is 24.8 Å². The molecule has 1 aliphatic carbocycles. The van der Waals surface area contributed by atoms with Gasteiger partial charge in [0.1, 0.15) is 13.2 Å². The molecular weight excluding hydrogens is 300 g/mol. The highest BCUT2D eigenvalue weighted by Gasteiger charge is 2.48. The van der Waals surface area contributed by atoms with Gasteiger partial charge in [-0.15, -0.1) is 0 Å². The molecule has 0 atom stereocenters. The Bertz CT molecular complexity index is 508. The molecule has 1 saturated carbocycles. The van der Waals surface area contributed by atoms with E-state index in [1.165, 1.54) is 0 Å². The molecule has 1 aromatic carbocycles. The Morgan fingerprint density at radius 3 is 2.44 bits per heavy atom. The van der Waals surface area contributed by atoms with E-state index in [0.29, 0.717) is 37.6 Å². The summed E-state index contributed by atoms with van der Waals surface area (Å²) in [4.78, 5) is 11.6. The van der Waals surface area contributed by atoms with Gasteiger partial charge >= 0.3 is 5.97 Å². The first-order chi connectivity index (χ1) is 8.65. The molecule has 0 radical (unpaired) electrons. The number of fused-ring (bicyclic) bond motifs is 1.